The Bertz CT molecular complexity index is 772. The fraction of sp³-hybridized carbons (Fsp3) is 0.231. The minimum absolute atomic E-state index is 0.277. The van der Waals surface area contributed by atoms with Crippen molar-refractivity contribution in [3.8, 4) is 6.07 Å². The molecule has 0 bridgehead atoms. The Morgan fingerprint density at radius 2 is 2.10 bits per heavy atom. The second kappa shape index (κ2) is 5.35. The van der Waals surface area contributed by atoms with E-state index in [4.69, 9.17) is 9.78 Å². The number of nitrogens with zero attached hydrogens (tertiary/aromatic N) is 2. The predicted octanol–water partition coefficient (Wildman–Crippen LogP) is 2.11. The highest BCUT2D eigenvalue weighted by atomic mass is 32.2. The van der Waals surface area contributed by atoms with E-state index in [9.17, 15) is 8.42 Å². The van der Waals surface area contributed by atoms with Crippen LogP contribution in [0.5, 0.6) is 0 Å². The molecule has 0 spiro atoms. The van der Waals surface area contributed by atoms with Crippen molar-refractivity contribution in [3.05, 3.63) is 46.8 Å². The topological polar surface area (TPSA) is 96.0 Å². The summed E-state index contributed by atoms with van der Waals surface area (Å²) >= 11 is 0. The number of hydrogen-bond acceptors (Lipinski definition) is 5. The van der Waals surface area contributed by atoms with E-state index < -0.39 is 10.0 Å². The van der Waals surface area contributed by atoms with Crippen molar-refractivity contribution >= 4 is 15.7 Å². The molecule has 6 nitrogen and oxygen atoms in total. The summed E-state index contributed by atoms with van der Waals surface area (Å²) in [5, 5.41) is 12.5. The first-order chi connectivity index (χ1) is 9.39. The summed E-state index contributed by atoms with van der Waals surface area (Å²) in [6.07, 6.45) is 0. The number of rotatable bonds is 4. The molecule has 0 aliphatic heterocycles. The van der Waals surface area contributed by atoms with E-state index in [1.807, 2.05) is 6.07 Å². The van der Waals surface area contributed by atoms with Crippen molar-refractivity contribution in [2.24, 2.45) is 0 Å². The van der Waals surface area contributed by atoms with Crippen LogP contribution in [0.15, 0.2) is 28.8 Å². The average Bonchev–Trinajstić information content (AvgIpc) is 2.76. The summed E-state index contributed by atoms with van der Waals surface area (Å²) in [6, 6.07) is 8.36. The third-order valence-corrected chi connectivity index (χ3v) is 3.85. The number of anilines is 1. The molecule has 7 heteroatoms. The van der Waals surface area contributed by atoms with E-state index in [0.29, 0.717) is 22.7 Å². The Balaban J connectivity index is 2.22. The molecule has 0 radical (unpaired) electrons. The van der Waals surface area contributed by atoms with Gasteiger partial charge >= 0.3 is 0 Å². The van der Waals surface area contributed by atoms with Crippen molar-refractivity contribution in [1.82, 2.24) is 5.16 Å². The van der Waals surface area contributed by atoms with Gasteiger partial charge in [0.25, 0.3) is 0 Å². The highest BCUT2D eigenvalue weighted by molar-refractivity contribution is 7.91. The molecule has 0 amide bonds. The fourth-order valence-electron chi connectivity index (χ4n) is 1.69. The fourth-order valence-corrected chi connectivity index (χ4v) is 2.84. The van der Waals surface area contributed by atoms with E-state index in [1.165, 1.54) is 6.07 Å². The zero-order valence-electron chi connectivity index (χ0n) is 11.0. The maximum atomic E-state index is 12.1. The van der Waals surface area contributed by atoms with Crippen LogP contribution >= 0.6 is 0 Å². The van der Waals surface area contributed by atoms with Crippen LogP contribution in [0.4, 0.5) is 5.69 Å². The largest absolute Gasteiger partial charge is 0.361 e. The SMILES string of the molecule is Cc1cc(CS(=O)(=O)Nc2cc(C#N)ccc2C)no1. The van der Waals surface area contributed by atoms with Gasteiger partial charge < -0.3 is 4.52 Å². The molecule has 1 aromatic heterocycles. The molecule has 0 aliphatic carbocycles. The lowest BCUT2D eigenvalue weighted by atomic mass is 10.1. The van der Waals surface area contributed by atoms with Gasteiger partial charge in [-0.1, -0.05) is 11.2 Å². The Hall–Kier alpha value is -2.33. The van der Waals surface area contributed by atoms with Crippen LogP contribution in [0.2, 0.25) is 0 Å². The van der Waals surface area contributed by atoms with Gasteiger partial charge in [0.15, 0.2) is 0 Å². The minimum Gasteiger partial charge on any atom is -0.361 e. The number of hydrogen-bond donors (Lipinski definition) is 1. The van der Waals surface area contributed by atoms with Crippen LogP contribution in [0, 0.1) is 25.2 Å². The summed E-state index contributed by atoms with van der Waals surface area (Å²) in [5.74, 6) is 0.276. The number of aryl methyl sites for hydroxylation is 2. The molecule has 0 saturated heterocycles. The second-order valence-electron chi connectivity index (χ2n) is 4.43. The molecule has 1 aromatic carbocycles. The molecule has 104 valence electrons. The lowest BCUT2D eigenvalue weighted by Gasteiger charge is -2.09. The van der Waals surface area contributed by atoms with Crippen LogP contribution in [0.3, 0.4) is 0 Å². The molecule has 0 aliphatic rings. The highest BCUT2D eigenvalue weighted by Crippen LogP contribution is 2.19. The number of benzene rings is 1. The predicted molar refractivity (Wildman–Crippen MR) is 73.4 cm³/mol. The maximum absolute atomic E-state index is 12.1. The minimum atomic E-state index is -3.60. The average molecular weight is 291 g/mol. The van der Waals surface area contributed by atoms with Crippen LogP contribution in [0.1, 0.15) is 22.6 Å². The molecule has 20 heavy (non-hydrogen) atoms. The lowest BCUT2D eigenvalue weighted by Crippen LogP contribution is -2.16. The number of aromatic nitrogens is 1. The molecular formula is C13H13N3O3S. The van der Waals surface area contributed by atoms with E-state index in [1.54, 1.807) is 32.0 Å². The summed E-state index contributed by atoms with van der Waals surface area (Å²) in [6.45, 7) is 3.45. The summed E-state index contributed by atoms with van der Waals surface area (Å²) in [7, 11) is -3.60. The standard InChI is InChI=1S/C13H13N3O3S/c1-9-3-4-11(7-14)6-13(9)16-20(17,18)8-12-5-10(2)19-15-12/h3-6,16H,8H2,1-2H3. The molecule has 1 N–H and O–H groups in total. The molecule has 2 rings (SSSR count). The van der Waals surface area contributed by atoms with Gasteiger partial charge in [0, 0.05) is 6.07 Å². The van der Waals surface area contributed by atoms with Crippen molar-refractivity contribution in [1.29, 1.82) is 5.26 Å². The second-order valence-corrected chi connectivity index (χ2v) is 6.15. The Morgan fingerprint density at radius 1 is 1.35 bits per heavy atom. The Labute approximate surface area is 117 Å². The van der Waals surface area contributed by atoms with Crippen LogP contribution in [0.25, 0.3) is 0 Å². The van der Waals surface area contributed by atoms with Gasteiger partial charge in [-0.2, -0.15) is 5.26 Å². The number of sulfonamides is 1. The molecule has 0 atom stereocenters. The van der Waals surface area contributed by atoms with Crippen molar-refractivity contribution in [2.75, 3.05) is 4.72 Å². The third-order valence-electron chi connectivity index (χ3n) is 2.65. The summed E-state index contributed by atoms with van der Waals surface area (Å²) < 4.78 is 31.4. The van der Waals surface area contributed by atoms with Gasteiger partial charge in [-0.05, 0) is 31.5 Å². The van der Waals surface area contributed by atoms with E-state index in [-0.39, 0.29) is 5.75 Å². The monoisotopic (exact) mass is 291 g/mol. The normalized spacial score (nSPS) is 11.1. The molecule has 1 heterocycles. The van der Waals surface area contributed by atoms with E-state index in [2.05, 4.69) is 9.88 Å². The Morgan fingerprint density at radius 3 is 2.70 bits per heavy atom. The van der Waals surface area contributed by atoms with Crippen molar-refractivity contribution < 1.29 is 12.9 Å². The molecule has 0 unspecified atom stereocenters. The zero-order valence-corrected chi connectivity index (χ0v) is 11.9. The number of nitrogens with one attached hydrogen (secondary N) is 1. The third kappa shape index (κ3) is 3.36. The quantitative estimate of drug-likeness (QED) is 0.930. The van der Waals surface area contributed by atoms with Gasteiger partial charge in [0.05, 0.1) is 17.3 Å². The van der Waals surface area contributed by atoms with Crippen LogP contribution < -0.4 is 4.72 Å². The lowest BCUT2D eigenvalue weighted by molar-refractivity contribution is 0.392. The zero-order chi connectivity index (χ0) is 14.8. The van der Waals surface area contributed by atoms with E-state index >= 15 is 0 Å². The summed E-state index contributed by atoms with van der Waals surface area (Å²) in [4.78, 5) is 0. The first-order valence-corrected chi connectivity index (χ1v) is 7.48. The first-order valence-electron chi connectivity index (χ1n) is 5.83. The summed E-state index contributed by atoms with van der Waals surface area (Å²) in [5.41, 5.74) is 1.86. The molecular weight excluding hydrogens is 278 g/mol. The van der Waals surface area contributed by atoms with E-state index in [0.717, 1.165) is 5.56 Å². The maximum Gasteiger partial charge on any atom is 0.238 e. The van der Waals surface area contributed by atoms with Crippen molar-refractivity contribution in [2.45, 2.75) is 19.6 Å². The van der Waals surface area contributed by atoms with Gasteiger partial charge in [0.2, 0.25) is 10.0 Å². The molecule has 0 saturated carbocycles. The number of nitriles is 1. The van der Waals surface area contributed by atoms with Gasteiger partial charge in [-0.25, -0.2) is 8.42 Å². The van der Waals surface area contributed by atoms with Gasteiger partial charge in [-0.3, -0.25) is 4.72 Å². The van der Waals surface area contributed by atoms with Crippen LogP contribution in [-0.4, -0.2) is 13.6 Å². The van der Waals surface area contributed by atoms with Crippen LogP contribution in [-0.2, 0) is 15.8 Å². The smallest absolute Gasteiger partial charge is 0.238 e. The molecule has 0 fully saturated rings. The van der Waals surface area contributed by atoms with Gasteiger partial charge in [0.1, 0.15) is 17.2 Å². The first kappa shape index (κ1) is 14.1. The Kier molecular flexibility index (Phi) is 3.77. The molecule has 2 aromatic rings. The van der Waals surface area contributed by atoms with Crippen molar-refractivity contribution in [3.63, 3.8) is 0 Å². The van der Waals surface area contributed by atoms with Gasteiger partial charge in [-0.15, -0.1) is 0 Å². The highest BCUT2D eigenvalue weighted by Gasteiger charge is 2.16.